The van der Waals surface area contributed by atoms with Crippen molar-refractivity contribution in [3.63, 3.8) is 0 Å². The molecule has 0 saturated heterocycles. The van der Waals surface area contributed by atoms with Crippen LogP contribution in [-0.4, -0.2) is 35.4 Å². The quantitative estimate of drug-likeness (QED) is 0.440. The van der Waals surface area contributed by atoms with Crippen molar-refractivity contribution in [2.45, 2.75) is 51.2 Å². The number of benzene rings is 2. The summed E-state index contributed by atoms with van der Waals surface area (Å²) in [6.07, 6.45) is 4.24. The lowest BCUT2D eigenvalue weighted by atomic mass is 10.1. The van der Waals surface area contributed by atoms with E-state index in [1.807, 2.05) is 24.3 Å². The Kier molecular flexibility index (Phi) is 8.81. The molecule has 1 saturated carbocycles. The number of carbonyl (C=O) groups excluding carboxylic acids is 2. The molecule has 31 heavy (non-hydrogen) atoms. The van der Waals surface area contributed by atoms with E-state index in [1.54, 1.807) is 30.0 Å². The summed E-state index contributed by atoms with van der Waals surface area (Å²) < 4.78 is 7.45. The molecule has 5 nitrogen and oxygen atoms in total. The second-order valence-electron chi connectivity index (χ2n) is 7.68. The molecule has 1 fully saturated rings. The molecule has 0 aromatic heterocycles. The molecule has 2 amide bonds. The van der Waals surface area contributed by atoms with Gasteiger partial charge in [-0.15, -0.1) is 0 Å². The first-order valence-corrected chi connectivity index (χ1v) is 12.2. The SMILES string of the molecule is CC(C(=O)NC1CCCC1)N(Cc1ccc(Br)cc1)C(=O)COc1ccc(Br)cc1Cl. The molecule has 0 aliphatic heterocycles. The van der Waals surface area contributed by atoms with Crippen LogP contribution in [0.3, 0.4) is 0 Å². The van der Waals surface area contributed by atoms with Gasteiger partial charge in [0.25, 0.3) is 5.91 Å². The van der Waals surface area contributed by atoms with Crippen molar-refractivity contribution in [2.24, 2.45) is 0 Å². The summed E-state index contributed by atoms with van der Waals surface area (Å²) >= 11 is 13.0. The molecule has 0 heterocycles. The van der Waals surface area contributed by atoms with Crippen LogP contribution in [0, 0.1) is 0 Å². The Morgan fingerprint density at radius 3 is 2.42 bits per heavy atom. The first-order valence-electron chi connectivity index (χ1n) is 10.3. The van der Waals surface area contributed by atoms with Crippen LogP contribution in [0.15, 0.2) is 51.4 Å². The molecule has 0 spiro atoms. The Hall–Kier alpha value is -1.57. The van der Waals surface area contributed by atoms with Crippen molar-refractivity contribution >= 4 is 55.3 Å². The van der Waals surface area contributed by atoms with E-state index in [0.29, 0.717) is 17.3 Å². The molecule has 0 radical (unpaired) electrons. The van der Waals surface area contributed by atoms with Crippen LogP contribution in [0.1, 0.15) is 38.2 Å². The zero-order valence-corrected chi connectivity index (χ0v) is 21.2. The third-order valence-corrected chi connectivity index (χ3v) is 6.70. The van der Waals surface area contributed by atoms with Gasteiger partial charge in [-0.1, -0.05) is 68.4 Å². The van der Waals surface area contributed by atoms with Crippen LogP contribution in [0.2, 0.25) is 5.02 Å². The summed E-state index contributed by atoms with van der Waals surface area (Å²) in [6.45, 7) is 1.86. The van der Waals surface area contributed by atoms with Crippen LogP contribution < -0.4 is 10.1 Å². The third-order valence-electron chi connectivity index (χ3n) is 5.38. The number of nitrogens with zero attached hydrogens (tertiary/aromatic N) is 1. The highest BCUT2D eigenvalue weighted by atomic mass is 79.9. The summed E-state index contributed by atoms with van der Waals surface area (Å²) in [5.74, 6) is -0.000111. The highest BCUT2D eigenvalue weighted by Gasteiger charge is 2.28. The Balaban J connectivity index is 1.72. The van der Waals surface area contributed by atoms with Gasteiger partial charge in [-0.25, -0.2) is 0 Å². The molecule has 2 aromatic carbocycles. The van der Waals surface area contributed by atoms with Gasteiger partial charge < -0.3 is 15.0 Å². The highest BCUT2D eigenvalue weighted by molar-refractivity contribution is 9.10. The molecular formula is C23H25Br2ClN2O3. The molecule has 1 N–H and O–H groups in total. The monoisotopic (exact) mass is 570 g/mol. The summed E-state index contributed by atoms with van der Waals surface area (Å²) in [7, 11) is 0. The first kappa shape index (κ1) is 24.1. The average Bonchev–Trinajstić information content (AvgIpc) is 3.25. The molecule has 3 rings (SSSR count). The van der Waals surface area contributed by atoms with Gasteiger partial charge in [0, 0.05) is 21.5 Å². The number of halogens is 3. The lowest BCUT2D eigenvalue weighted by molar-refractivity contribution is -0.142. The van der Waals surface area contributed by atoms with Crippen LogP contribution in [0.4, 0.5) is 0 Å². The Morgan fingerprint density at radius 2 is 1.77 bits per heavy atom. The number of rotatable bonds is 8. The summed E-state index contributed by atoms with van der Waals surface area (Å²) in [5.41, 5.74) is 0.929. The first-order chi connectivity index (χ1) is 14.8. The molecular weight excluding hydrogens is 548 g/mol. The number of carbonyl (C=O) groups is 2. The van der Waals surface area contributed by atoms with E-state index in [4.69, 9.17) is 16.3 Å². The van der Waals surface area contributed by atoms with E-state index in [2.05, 4.69) is 37.2 Å². The molecule has 1 unspecified atom stereocenters. The van der Waals surface area contributed by atoms with Crippen molar-refractivity contribution in [1.82, 2.24) is 10.2 Å². The van der Waals surface area contributed by atoms with E-state index < -0.39 is 6.04 Å². The Bertz CT molecular complexity index is 918. The predicted octanol–water partition coefficient (Wildman–Crippen LogP) is 5.72. The van der Waals surface area contributed by atoms with Crippen LogP contribution in [0.25, 0.3) is 0 Å². The number of ether oxygens (including phenoxy) is 1. The maximum atomic E-state index is 13.1. The number of hydrogen-bond donors (Lipinski definition) is 1. The highest BCUT2D eigenvalue weighted by Crippen LogP contribution is 2.28. The lowest BCUT2D eigenvalue weighted by Crippen LogP contribution is -2.50. The van der Waals surface area contributed by atoms with Gasteiger partial charge in [0.1, 0.15) is 11.8 Å². The van der Waals surface area contributed by atoms with Gasteiger partial charge in [0.2, 0.25) is 5.91 Å². The zero-order chi connectivity index (χ0) is 22.4. The minimum atomic E-state index is -0.624. The fraction of sp³-hybridized carbons (Fsp3) is 0.391. The summed E-state index contributed by atoms with van der Waals surface area (Å²) in [6, 6.07) is 12.5. The van der Waals surface area contributed by atoms with Crippen molar-refractivity contribution < 1.29 is 14.3 Å². The second kappa shape index (κ2) is 11.3. The maximum absolute atomic E-state index is 13.1. The van der Waals surface area contributed by atoms with E-state index in [0.717, 1.165) is 40.2 Å². The van der Waals surface area contributed by atoms with E-state index in [1.165, 1.54) is 0 Å². The second-order valence-corrected chi connectivity index (χ2v) is 9.92. The Labute approximate surface area is 204 Å². The summed E-state index contributed by atoms with van der Waals surface area (Å²) in [5, 5.41) is 3.50. The van der Waals surface area contributed by atoms with Gasteiger partial charge >= 0.3 is 0 Å². The molecule has 1 aliphatic carbocycles. The molecule has 166 valence electrons. The molecule has 8 heteroatoms. The van der Waals surface area contributed by atoms with Gasteiger partial charge in [0.15, 0.2) is 6.61 Å². The van der Waals surface area contributed by atoms with Crippen LogP contribution in [0.5, 0.6) is 5.75 Å². The van der Waals surface area contributed by atoms with Crippen molar-refractivity contribution in [2.75, 3.05) is 6.61 Å². The van der Waals surface area contributed by atoms with Gasteiger partial charge in [0.05, 0.1) is 5.02 Å². The minimum absolute atomic E-state index is 0.140. The number of hydrogen-bond acceptors (Lipinski definition) is 3. The van der Waals surface area contributed by atoms with Crippen LogP contribution >= 0.6 is 43.5 Å². The zero-order valence-electron chi connectivity index (χ0n) is 17.2. The predicted molar refractivity (Wildman–Crippen MR) is 129 cm³/mol. The number of amides is 2. The largest absolute Gasteiger partial charge is 0.482 e. The standard InChI is InChI=1S/C23H25Br2ClN2O3/c1-15(23(30)27-19-4-2-3-5-19)28(13-16-6-8-17(24)9-7-16)22(29)14-31-21-11-10-18(25)12-20(21)26/h6-12,15,19H,2-5,13-14H2,1H3,(H,27,30). The van der Waals surface area contributed by atoms with E-state index in [9.17, 15) is 9.59 Å². The topological polar surface area (TPSA) is 58.6 Å². The van der Waals surface area contributed by atoms with Gasteiger partial charge in [-0.3, -0.25) is 9.59 Å². The molecule has 2 aromatic rings. The third kappa shape index (κ3) is 6.96. The molecule has 1 aliphatic rings. The number of nitrogens with one attached hydrogen (secondary N) is 1. The van der Waals surface area contributed by atoms with Gasteiger partial charge in [-0.05, 0) is 55.7 Å². The normalized spacial score (nSPS) is 14.8. The van der Waals surface area contributed by atoms with Crippen molar-refractivity contribution in [3.8, 4) is 5.75 Å². The van der Waals surface area contributed by atoms with Crippen LogP contribution in [-0.2, 0) is 16.1 Å². The maximum Gasteiger partial charge on any atom is 0.261 e. The smallest absolute Gasteiger partial charge is 0.261 e. The van der Waals surface area contributed by atoms with E-state index in [-0.39, 0.29) is 24.5 Å². The van der Waals surface area contributed by atoms with Gasteiger partial charge in [-0.2, -0.15) is 0 Å². The molecule has 1 atom stereocenters. The fourth-order valence-corrected chi connectivity index (χ4v) is 4.57. The summed E-state index contributed by atoms with van der Waals surface area (Å²) in [4.78, 5) is 27.5. The molecule has 0 bridgehead atoms. The lowest BCUT2D eigenvalue weighted by Gasteiger charge is -2.29. The average molecular weight is 573 g/mol. The van der Waals surface area contributed by atoms with E-state index >= 15 is 0 Å². The van der Waals surface area contributed by atoms with Crippen molar-refractivity contribution in [3.05, 3.63) is 62.0 Å². The van der Waals surface area contributed by atoms with Crippen molar-refractivity contribution in [1.29, 1.82) is 0 Å². The fourth-order valence-electron chi connectivity index (χ4n) is 3.58. The Morgan fingerprint density at radius 1 is 1.13 bits per heavy atom. The minimum Gasteiger partial charge on any atom is -0.482 e.